The lowest BCUT2D eigenvalue weighted by molar-refractivity contribution is 0.123. The zero-order chi connectivity index (χ0) is 12.4. The largest absolute Gasteiger partial charge is 0.327 e. The van der Waals surface area contributed by atoms with Crippen LogP contribution in [0, 0.1) is 11.7 Å². The van der Waals surface area contributed by atoms with Crippen LogP contribution in [0.4, 0.5) is 4.39 Å². The van der Waals surface area contributed by atoms with Gasteiger partial charge in [-0.25, -0.2) is 4.39 Å². The number of aromatic nitrogens is 1. The summed E-state index contributed by atoms with van der Waals surface area (Å²) in [6, 6.07) is 1.96. The monoisotopic (exact) mass is 237 g/mol. The van der Waals surface area contributed by atoms with Crippen LogP contribution in [0.15, 0.2) is 18.5 Å². The Hall–Kier alpha value is -1.00. The first-order valence-electron chi connectivity index (χ1n) is 6.16. The highest BCUT2D eigenvalue weighted by Crippen LogP contribution is 2.25. The zero-order valence-electron chi connectivity index (χ0n) is 10.4. The molecule has 0 bridgehead atoms. The van der Waals surface area contributed by atoms with Gasteiger partial charge in [0.25, 0.3) is 0 Å². The van der Waals surface area contributed by atoms with Crippen LogP contribution in [0.1, 0.15) is 31.9 Å². The maximum atomic E-state index is 13.1. The molecule has 0 radical (unpaired) electrons. The average molecular weight is 237 g/mol. The lowest BCUT2D eigenvalue weighted by Gasteiger charge is -2.38. The smallest absolute Gasteiger partial charge is 0.141 e. The van der Waals surface area contributed by atoms with Crippen molar-refractivity contribution in [3.05, 3.63) is 29.8 Å². The summed E-state index contributed by atoms with van der Waals surface area (Å²) >= 11 is 0. The van der Waals surface area contributed by atoms with Crippen molar-refractivity contribution in [1.82, 2.24) is 9.88 Å². The number of piperidine rings is 1. The van der Waals surface area contributed by atoms with Gasteiger partial charge in [-0.05, 0) is 30.9 Å². The highest BCUT2D eigenvalue weighted by Gasteiger charge is 2.26. The third-order valence-electron chi connectivity index (χ3n) is 3.48. The minimum Gasteiger partial charge on any atom is -0.327 e. The fourth-order valence-corrected chi connectivity index (χ4v) is 2.63. The summed E-state index contributed by atoms with van der Waals surface area (Å²) < 4.78 is 13.1. The van der Waals surface area contributed by atoms with Gasteiger partial charge in [0.15, 0.2) is 0 Å². The first-order chi connectivity index (χ1) is 8.06. The molecule has 94 valence electrons. The van der Waals surface area contributed by atoms with Gasteiger partial charge < -0.3 is 5.73 Å². The van der Waals surface area contributed by atoms with E-state index in [0.717, 1.165) is 25.1 Å². The van der Waals surface area contributed by atoms with Gasteiger partial charge in [-0.15, -0.1) is 0 Å². The molecule has 3 atom stereocenters. The Morgan fingerprint density at radius 3 is 2.88 bits per heavy atom. The van der Waals surface area contributed by atoms with Gasteiger partial charge in [0.2, 0.25) is 0 Å². The Labute approximate surface area is 102 Å². The third kappa shape index (κ3) is 3.01. The van der Waals surface area contributed by atoms with E-state index in [1.165, 1.54) is 6.20 Å². The molecule has 1 aliphatic heterocycles. The van der Waals surface area contributed by atoms with E-state index in [1.807, 2.05) is 0 Å². The van der Waals surface area contributed by atoms with E-state index in [4.69, 9.17) is 5.73 Å². The van der Waals surface area contributed by atoms with E-state index in [1.54, 1.807) is 12.3 Å². The Morgan fingerprint density at radius 1 is 1.47 bits per heavy atom. The Kier molecular flexibility index (Phi) is 3.74. The van der Waals surface area contributed by atoms with Crippen LogP contribution in [-0.2, 0) is 0 Å². The number of hydrogen-bond acceptors (Lipinski definition) is 3. The van der Waals surface area contributed by atoms with E-state index < -0.39 is 0 Å². The first kappa shape index (κ1) is 12.5. The Morgan fingerprint density at radius 2 is 2.24 bits per heavy atom. The number of hydrogen-bond donors (Lipinski definition) is 1. The summed E-state index contributed by atoms with van der Waals surface area (Å²) in [6.45, 7) is 6.19. The van der Waals surface area contributed by atoms with Crippen molar-refractivity contribution in [2.45, 2.75) is 32.4 Å². The lowest BCUT2D eigenvalue weighted by Crippen LogP contribution is -2.47. The predicted octanol–water partition coefficient (Wildman–Crippen LogP) is 1.95. The van der Waals surface area contributed by atoms with E-state index in [-0.39, 0.29) is 17.9 Å². The van der Waals surface area contributed by atoms with Crippen LogP contribution >= 0.6 is 0 Å². The second kappa shape index (κ2) is 5.10. The number of nitrogens with two attached hydrogens (primary N) is 1. The zero-order valence-corrected chi connectivity index (χ0v) is 10.4. The number of likely N-dealkylation sites (tertiary alicyclic amines) is 1. The summed E-state index contributed by atoms with van der Waals surface area (Å²) in [5, 5.41) is 0. The molecule has 3 unspecified atom stereocenters. The minimum absolute atomic E-state index is 0.173. The van der Waals surface area contributed by atoms with E-state index >= 15 is 0 Å². The second-order valence-electron chi connectivity index (χ2n) is 5.17. The van der Waals surface area contributed by atoms with Gasteiger partial charge in [0, 0.05) is 31.4 Å². The van der Waals surface area contributed by atoms with Crippen molar-refractivity contribution < 1.29 is 4.39 Å². The molecule has 2 heterocycles. The van der Waals surface area contributed by atoms with E-state index in [2.05, 4.69) is 23.7 Å². The number of halogens is 1. The molecule has 0 spiro atoms. The normalized spacial score (nSPS) is 28.0. The van der Waals surface area contributed by atoms with Crippen LogP contribution in [0.3, 0.4) is 0 Å². The lowest BCUT2D eigenvalue weighted by atomic mass is 9.94. The van der Waals surface area contributed by atoms with Gasteiger partial charge in [0.1, 0.15) is 5.82 Å². The third-order valence-corrected chi connectivity index (χ3v) is 3.48. The molecule has 1 aliphatic rings. The topological polar surface area (TPSA) is 42.1 Å². The van der Waals surface area contributed by atoms with E-state index in [0.29, 0.717) is 5.92 Å². The molecule has 2 N–H and O–H groups in total. The summed E-state index contributed by atoms with van der Waals surface area (Å²) in [7, 11) is 0. The summed E-state index contributed by atoms with van der Waals surface area (Å²) in [5.74, 6) is 0.325. The highest BCUT2D eigenvalue weighted by atomic mass is 19.1. The molecule has 0 aromatic carbocycles. The summed E-state index contributed by atoms with van der Waals surface area (Å²) in [4.78, 5) is 6.22. The Bertz CT molecular complexity index is 373. The van der Waals surface area contributed by atoms with Gasteiger partial charge in [-0.2, -0.15) is 0 Å². The van der Waals surface area contributed by atoms with Crippen molar-refractivity contribution in [1.29, 1.82) is 0 Å². The Balaban J connectivity index is 2.11. The summed E-state index contributed by atoms with van der Waals surface area (Å²) in [6.07, 6.45) is 4.05. The van der Waals surface area contributed by atoms with Crippen LogP contribution in [-0.4, -0.2) is 29.0 Å². The first-order valence-corrected chi connectivity index (χ1v) is 6.16. The fourth-order valence-electron chi connectivity index (χ4n) is 2.63. The highest BCUT2D eigenvalue weighted by molar-refractivity contribution is 5.14. The summed E-state index contributed by atoms with van der Waals surface area (Å²) in [5.41, 5.74) is 6.95. The number of nitrogens with zero attached hydrogens (tertiary/aromatic N) is 2. The predicted molar refractivity (Wildman–Crippen MR) is 65.9 cm³/mol. The van der Waals surface area contributed by atoms with Crippen LogP contribution in [0.5, 0.6) is 0 Å². The molecule has 17 heavy (non-hydrogen) atoms. The number of pyridine rings is 1. The SMILES string of the molecule is CC1CC(N)CN(C(C)c2cncc(F)c2)C1. The van der Waals surface area contributed by atoms with Crippen molar-refractivity contribution in [2.75, 3.05) is 13.1 Å². The van der Waals surface area contributed by atoms with Crippen LogP contribution in [0.25, 0.3) is 0 Å². The standard InChI is InChI=1S/C13H20FN3/c1-9-3-13(15)8-17(7-9)10(2)11-4-12(14)6-16-5-11/h4-6,9-10,13H,3,7-8,15H2,1-2H3. The molecular weight excluding hydrogens is 217 g/mol. The van der Waals surface area contributed by atoms with Crippen molar-refractivity contribution in [3.8, 4) is 0 Å². The fraction of sp³-hybridized carbons (Fsp3) is 0.615. The molecule has 4 heteroatoms. The molecule has 1 saturated heterocycles. The van der Waals surface area contributed by atoms with Crippen molar-refractivity contribution >= 4 is 0 Å². The van der Waals surface area contributed by atoms with E-state index in [9.17, 15) is 4.39 Å². The van der Waals surface area contributed by atoms with Crippen LogP contribution < -0.4 is 5.73 Å². The minimum atomic E-state index is -0.274. The molecule has 1 fully saturated rings. The van der Waals surface area contributed by atoms with Gasteiger partial charge in [0.05, 0.1) is 6.20 Å². The molecular formula is C13H20FN3. The molecule has 0 aliphatic carbocycles. The van der Waals surface area contributed by atoms with Crippen LogP contribution in [0.2, 0.25) is 0 Å². The maximum absolute atomic E-state index is 13.1. The molecule has 0 amide bonds. The maximum Gasteiger partial charge on any atom is 0.141 e. The van der Waals surface area contributed by atoms with Gasteiger partial charge in [-0.3, -0.25) is 9.88 Å². The van der Waals surface area contributed by atoms with Gasteiger partial charge >= 0.3 is 0 Å². The quantitative estimate of drug-likeness (QED) is 0.855. The second-order valence-corrected chi connectivity index (χ2v) is 5.17. The van der Waals surface area contributed by atoms with Gasteiger partial charge in [-0.1, -0.05) is 6.92 Å². The molecule has 1 aromatic rings. The molecule has 2 rings (SSSR count). The van der Waals surface area contributed by atoms with Crippen molar-refractivity contribution in [3.63, 3.8) is 0 Å². The number of rotatable bonds is 2. The average Bonchev–Trinajstić information content (AvgIpc) is 2.26. The van der Waals surface area contributed by atoms with Crippen molar-refractivity contribution in [2.24, 2.45) is 11.7 Å². The molecule has 3 nitrogen and oxygen atoms in total. The molecule has 0 saturated carbocycles. The molecule has 1 aromatic heterocycles.